The first-order chi connectivity index (χ1) is 18.0. The average Bonchev–Trinajstić information content (AvgIpc) is 3.23. The number of aliphatic hydroxyl groups is 1. The van der Waals surface area contributed by atoms with Gasteiger partial charge < -0.3 is 14.6 Å². The van der Waals surface area contributed by atoms with Gasteiger partial charge in [0.2, 0.25) is 0 Å². The van der Waals surface area contributed by atoms with Crippen LogP contribution in [0.1, 0.15) is 108 Å². The molecule has 0 heterocycles. The summed E-state index contributed by atoms with van der Waals surface area (Å²) in [6.07, 6.45) is 9.01. The lowest BCUT2D eigenvalue weighted by Gasteiger charge is -2.59. The minimum absolute atomic E-state index is 0.0651. The fraction of sp³-hybridized carbons (Fsp3) is 0.781. The highest BCUT2D eigenvalue weighted by molar-refractivity contribution is 6.01. The van der Waals surface area contributed by atoms with E-state index in [0.717, 1.165) is 19.3 Å². The highest BCUT2D eigenvalue weighted by atomic mass is 16.5. The average molecular weight is 537 g/mol. The molecule has 4 aliphatic rings. The fourth-order valence-corrected chi connectivity index (χ4v) is 7.14. The minimum atomic E-state index is -0.448. The van der Waals surface area contributed by atoms with E-state index in [4.69, 9.17) is 4.74 Å². The van der Waals surface area contributed by atoms with E-state index in [2.05, 4.69) is 25.5 Å². The molecule has 0 aliphatic heterocycles. The van der Waals surface area contributed by atoms with Crippen LogP contribution in [0.15, 0.2) is 23.8 Å². The number of carbonyl (C=O) groups is 3. The maximum absolute atomic E-state index is 12.0. The number of esters is 2. The van der Waals surface area contributed by atoms with Gasteiger partial charge in [0, 0.05) is 30.1 Å². The van der Waals surface area contributed by atoms with Crippen LogP contribution in [0.25, 0.3) is 0 Å². The number of aliphatic hydroxyl groups excluding tert-OH is 1. The first-order valence-electron chi connectivity index (χ1n) is 14.8. The van der Waals surface area contributed by atoms with Crippen LogP contribution in [0.5, 0.6) is 0 Å². The number of ketones is 1. The minimum Gasteiger partial charge on any atom is -0.469 e. The van der Waals surface area contributed by atoms with Gasteiger partial charge in [-0.1, -0.05) is 80.9 Å². The molecule has 4 aliphatic carbocycles. The van der Waals surface area contributed by atoms with Gasteiger partial charge >= 0.3 is 11.9 Å². The van der Waals surface area contributed by atoms with Crippen molar-refractivity contribution in [2.24, 2.45) is 34.5 Å². The molecule has 0 aromatic rings. The Kier molecular flexibility index (Phi) is 15.4. The Hall–Kier alpha value is -1.95. The number of rotatable bonds is 2. The van der Waals surface area contributed by atoms with E-state index in [1.54, 1.807) is 6.08 Å². The Balaban J connectivity index is 0.00000108. The summed E-state index contributed by atoms with van der Waals surface area (Å²) in [5.74, 6) is 0.980. The molecule has 0 aromatic carbocycles. The predicted octanol–water partition coefficient (Wildman–Crippen LogP) is 7.09. The normalized spacial score (nSPS) is 35.7. The van der Waals surface area contributed by atoms with Crippen LogP contribution in [-0.4, -0.2) is 42.1 Å². The number of ether oxygens (including phenoxy) is 2. The molecule has 220 valence electrons. The molecule has 8 atom stereocenters. The summed E-state index contributed by atoms with van der Waals surface area (Å²) < 4.78 is 9.92. The van der Waals surface area contributed by atoms with Crippen molar-refractivity contribution in [1.82, 2.24) is 0 Å². The molecule has 0 spiro atoms. The molecular weight excluding hydrogens is 480 g/mol. The number of fused-ring (bicyclic) bond motifs is 5. The Morgan fingerprint density at radius 1 is 1.08 bits per heavy atom. The van der Waals surface area contributed by atoms with E-state index in [9.17, 15) is 19.5 Å². The maximum Gasteiger partial charge on any atom is 0.305 e. The highest BCUT2D eigenvalue weighted by Crippen LogP contribution is 2.65. The van der Waals surface area contributed by atoms with Crippen molar-refractivity contribution in [3.05, 3.63) is 23.8 Å². The molecule has 4 rings (SSSR count). The second-order valence-corrected chi connectivity index (χ2v) is 10.4. The van der Waals surface area contributed by atoms with Gasteiger partial charge in [-0.2, -0.15) is 0 Å². The molecule has 0 saturated heterocycles. The zero-order chi connectivity index (χ0) is 29.8. The largest absolute Gasteiger partial charge is 0.469 e. The van der Waals surface area contributed by atoms with Crippen LogP contribution in [-0.2, 0) is 23.9 Å². The molecule has 3 saturated carbocycles. The van der Waals surface area contributed by atoms with Gasteiger partial charge in [-0.15, -0.1) is 0 Å². The molecular formula is C32H56O6. The van der Waals surface area contributed by atoms with Crippen LogP contribution in [0.3, 0.4) is 0 Å². The van der Waals surface area contributed by atoms with Crippen molar-refractivity contribution < 1.29 is 29.0 Å². The van der Waals surface area contributed by atoms with Crippen LogP contribution in [0, 0.1) is 34.5 Å². The van der Waals surface area contributed by atoms with E-state index in [0.29, 0.717) is 30.6 Å². The van der Waals surface area contributed by atoms with Crippen molar-refractivity contribution in [3.8, 4) is 0 Å². The van der Waals surface area contributed by atoms with Crippen LogP contribution < -0.4 is 0 Å². The van der Waals surface area contributed by atoms with Crippen molar-refractivity contribution in [2.45, 2.75) is 120 Å². The first kappa shape index (κ1) is 36.0. The van der Waals surface area contributed by atoms with Crippen molar-refractivity contribution in [3.63, 3.8) is 0 Å². The number of hydrogen-bond acceptors (Lipinski definition) is 6. The first-order valence-corrected chi connectivity index (χ1v) is 14.8. The number of hydrogen-bond donors (Lipinski definition) is 1. The third kappa shape index (κ3) is 7.58. The summed E-state index contributed by atoms with van der Waals surface area (Å²) in [4.78, 5) is 33.5. The monoisotopic (exact) mass is 536 g/mol. The van der Waals surface area contributed by atoms with Gasteiger partial charge in [0.25, 0.3) is 0 Å². The Morgan fingerprint density at radius 2 is 1.63 bits per heavy atom. The molecule has 1 N–H and O–H groups in total. The lowest BCUT2D eigenvalue weighted by molar-refractivity contribution is -0.168. The third-order valence-electron chi connectivity index (χ3n) is 8.58. The molecule has 7 unspecified atom stereocenters. The summed E-state index contributed by atoms with van der Waals surface area (Å²) >= 11 is 0. The van der Waals surface area contributed by atoms with Crippen molar-refractivity contribution in [2.75, 3.05) is 7.11 Å². The number of allylic oxidation sites excluding steroid dienone is 4. The van der Waals surface area contributed by atoms with Gasteiger partial charge in [-0.3, -0.25) is 14.4 Å². The van der Waals surface area contributed by atoms with E-state index in [1.807, 2.05) is 60.6 Å². The fourth-order valence-electron chi connectivity index (χ4n) is 7.14. The summed E-state index contributed by atoms with van der Waals surface area (Å²) in [5, 5.41) is 11.3. The SMILES string of the molecule is CC.CC.CC.CCC(=O)O[C@@H]1CCC2C3CC(C)C4=CC(=O)C=CC4(C)C3C(O)CC21C.COC(C)=O. The van der Waals surface area contributed by atoms with Gasteiger partial charge in [-0.05, 0) is 55.6 Å². The molecule has 0 aromatic heterocycles. The van der Waals surface area contributed by atoms with Gasteiger partial charge in [-0.25, -0.2) is 0 Å². The van der Waals surface area contributed by atoms with Crippen molar-refractivity contribution in [1.29, 1.82) is 0 Å². The standard InChI is InChI=1S/C23H32O4.C3H6O2.3C2H6/c1-5-20(26)27-19-7-6-16-15-10-13(2)17-11-14(24)8-9-22(17,3)21(15)18(25)12-23(16,19)4;1-3(4)5-2;3*1-2/h8-9,11,13,15-16,18-19,21,25H,5-7,10,12H2,1-4H3;1-2H3;3*1-2H3/t13?,15?,16?,18?,19-,21?,22?,23?;;;;/m1..../s1. The second kappa shape index (κ2) is 16.2. The Labute approximate surface area is 232 Å². The summed E-state index contributed by atoms with van der Waals surface area (Å²) in [5.41, 5.74) is 0.775. The molecule has 0 radical (unpaired) electrons. The molecule has 0 amide bonds. The molecule has 0 bridgehead atoms. The third-order valence-corrected chi connectivity index (χ3v) is 8.58. The summed E-state index contributed by atoms with van der Waals surface area (Å²) in [6, 6.07) is 0. The molecule has 6 heteroatoms. The highest BCUT2D eigenvalue weighted by Gasteiger charge is 2.63. The summed E-state index contributed by atoms with van der Waals surface area (Å²) in [6.45, 7) is 21.8. The van der Waals surface area contributed by atoms with E-state index >= 15 is 0 Å². The molecule has 38 heavy (non-hydrogen) atoms. The predicted molar refractivity (Wildman–Crippen MR) is 154 cm³/mol. The quantitative estimate of drug-likeness (QED) is 0.379. The lowest BCUT2D eigenvalue weighted by Crippen LogP contribution is -2.58. The maximum atomic E-state index is 12.0. The van der Waals surface area contributed by atoms with Gasteiger partial charge in [0.15, 0.2) is 5.78 Å². The Bertz CT molecular complexity index is 830. The Morgan fingerprint density at radius 3 is 2.13 bits per heavy atom. The molecule has 3 fully saturated rings. The van der Waals surface area contributed by atoms with Crippen LogP contribution >= 0.6 is 0 Å². The smallest absolute Gasteiger partial charge is 0.305 e. The van der Waals surface area contributed by atoms with Crippen LogP contribution in [0.4, 0.5) is 0 Å². The van der Waals surface area contributed by atoms with E-state index < -0.39 is 6.10 Å². The zero-order valence-corrected chi connectivity index (χ0v) is 26.2. The molecule has 6 nitrogen and oxygen atoms in total. The van der Waals surface area contributed by atoms with Crippen molar-refractivity contribution >= 4 is 17.7 Å². The van der Waals surface area contributed by atoms with Gasteiger partial charge in [0.1, 0.15) is 6.10 Å². The van der Waals surface area contributed by atoms with E-state index in [1.165, 1.54) is 19.6 Å². The van der Waals surface area contributed by atoms with Gasteiger partial charge in [0.05, 0.1) is 13.2 Å². The summed E-state index contributed by atoms with van der Waals surface area (Å²) in [7, 11) is 1.35. The lowest BCUT2D eigenvalue weighted by atomic mass is 9.46. The number of methoxy groups -OCH3 is 1. The zero-order valence-electron chi connectivity index (χ0n) is 26.2. The second-order valence-electron chi connectivity index (χ2n) is 10.4. The van der Waals surface area contributed by atoms with Crippen LogP contribution in [0.2, 0.25) is 0 Å². The topological polar surface area (TPSA) is 89.9 Å². The van der Waals surface area contributed by atoms with E-state index in [-0.39, 0.29) is 40.6 Å². The number of carbonyl (C=O) groups excluding carboxylic acids is 3.